The van der Waals surface area contributed by atoms with E-state index in [1.807, 2.05) is 0 Å². The van der Waals surface area contributed by atoms with Gasteiger partial charge in [0.25, 0.3) is 5.92 Å². The van der Waals surface area contributed by atoms with Crippen molar-refractivity contribution in [3.63, 3.8) is 0 Å². The number of amides is 1. The number of primary amides is 1. The molecule has 4 rings (SSSR count). The molecule has 0 saturated heterocycles. The molecule has 0 bridgehead atoms. The lowest BCUT2D eigenvalue weighted by Crippen LogP contribution is -2.31. The van der Waals surface area contributed by atoms with E-state index in [0.29, 0.717) is 36.8 Å². The van der Waals surface area contributed by atoms with Gasteiger partial charge < -0.3 is 21.5 Å². The van der Waals surface area contributed by atoms with Crippen molar-refractivity contribution in [1.82, 2.24) is 19.5 Å². The number of imidazole rings is 1. The largest absolute Gasteiger partial charge is 0.390 e. The van der Waals surface area contributed by atoms with Crippen LogP contribution in [0.4, 0.5) is 30.8 Å². The smallest absolute Gasteiger partial charge is 0.287 e. The summed E-state index contributed by atoms with van der Waals surface area (Å²) in [6, 6.07) is 2.28. The number of halogens is 5. The molecular formula is C21H22Cl2F3N7O2. The molecule has 5 N–H and O–H groups in total. The molecule has 2 heterocycles. The second-order valence-electron chi connectivity index (χ2n) is 8.35. The molecule has 1 saturated carbocycles. The molecule has 0 atom stereocenters. The van der Waals surface area contributed by atoms with Gasteiger partial charge in [0.15, 0.2) is 5.65 Å². The average molecular weight is 532 g/mol. The van der Waals surface area contributed by atoms with Crippen molar-refractivity contribution >= 4 is 57.9 Å². The number of nitrogens with two attached hydrogens (primary N) is 1. The van der Waals surface area contributed by atoms with Gasteiger partial charge in [0, 0.05) is 17.0 Å². The van der Waals surface area contributed by atoms with Gasteiger partial charge in [-0.2, -0.15) is 4.98 Å². The summed E-state index contributed by atoms with van der Waals surface area (Å²) < 4.78 is 43.3. The summed E-state index contributed by atoms with van der Waals surface area (Å²) >= 11 is 12.1. The van der Waals surface area contributed by atoms with Gasteiger partial charge in [-0.3, -0.25) is 9.36 Å². The molecule has 3 aromatic rings. The van der Waals surface area contributed by atoms with E-state index in [1.54, 1.807) is 4.57 Å². The minimum absolute atomic E-state index is 0.0331. The summed E-state index contributed by atoms with van der Waals surface area (Å²) in [6.45, 7) is -2.20. The van der Waals surface area contributed by atoms with Gasteiger partial charge in [0.2, 0.25) is 17.8 Å². The van der Waals surface area contributed by atoms with Gasteiger partial charge >= 0.3 is 0 Å². The summed E-state index contributed by atoms with van der Waals surface area (Å²) in [4.78, 5) is 24.4. The van der Waals surface area contributed by atoms with Crippen LogP contribution in [0.15, 0.2) is 18.3 Å². The van der Waals surface area contributed by atoms with Crippen LogP contribution in [0.25, 0.3) is 11.2 Å². The van der Waals surface area contributed by atoms with E-state index in [0.717, 1.165) is 6.07 Å². The predicted octanol–water partition coefficient (Wildman–Crippen LogP) is 4.27. The van der Waals surface area contributed by atoms with Gasteiger partial charge in [-0.15, -0.1) is 0 Å². The second-order valence-corrected chi connectivity index (χ2v) is 9.20. The number of aliphatic hydroxyl groups is 1. The third-order valence-electron chi connectivity index (χ3n) is 5.88. The lowest BCUT2D eigenvalue weighted by atomic mass is 9.85. The fraction of sp³-hybridized carbons (Fsp3) is 0.429. The first-order valence-electron chi connectivity index (χ1n) is 10.8. The van der Waals surface area contributed by atoms with Gasteiger partial charge in [-0.05, 0) is 37.8 Å². The first-order chi connectivity index (χ1) is 16.6. The number of carbonyl (C=O) groups is 1. The highest BCUT2D eigenvalue weighted by Crippen LogP contribution is 2.38. The van der Waals surface area contributed by atoms with Crippen LogP contribution in [0.2, 0.25) is 10.0 Å². The van der Waals surface area contributed by atoms with Crippen LogP contribution >= 0.6 is 23.2 Å². The normalized spacial score (nSPS) is 18.6. The van der Waals surface area contributed by atoms with Crippen LogP contribution in [0, 0.1) is 11.7 Å². The monoisotopic (exact) mass is 531 g/mol. The summed E-state index contributed by atoms with van der Waals surface area (Å²) in [7, 11) is 0. The van der Waals surface area contributed by atoms with Crippen molar-refractivity contribution in [3.8, 4) is 0 Å². The minimum Gasteiger partial charge on any atom is -0.390 e. The molecule has 188 valence electrons. The summed E-state index contributed by atoms with van der Waals surface area (Å²) in [5, 5.41) is 14.3. The number of hydrogen-bond donors (Lipinski definition) is 4. The molecule has 1 aliphatic rings. The van der Waals surface area contributed by atoms with E-state index in [2.05, 4.69) is 25.6 Å². The lowest BCUT2D eigenvalue weighted by molar-refractivity contribution is -0.122. The molecule has 0 spiro atoms. The maximum Gasteiger partial charge on any atom is 0.287 e. The highest BCUT2D eigenvalue weighted by Gasteiger charge is 2.30. The predicted molar refractivity (Wildman–Crippen MR) is 126 cm³/mol. The quantitative estimate of drug-likeness (QED) is 0.341. The Morgan fingerprint density at radius 2 is 1.94 bits per heavy atom. The van der Waals surface area contributed by atoms with E-state index in [1.165, 1.54) is 12.3 Å². The zero-order chi connectivity index (χ0) is 25.3. The summed E-state index contributed by atoms with van der Waals surface area (Å²) in [5.74, 6) is -4.57. The first kappa shape index (κ1) is 25.3. The summed E-state index contributed by atoms with van der Waals surface area (Å²) in [5.41, 5.74) is 6.04. The number of anilines is 3. The van der Waals surface area contributed by atoms with Crippen molar-refractivity contribution < 1.29 is 23.1 Å². The number of aliphatic hydroxyl groups excluding tert-OH is 1. The minimum atomic E-state index is -3.36. The van der Waals surface area contributed by atoms with Gasteiger partial charge in [-0.25, -0.2) is 23.1 Å². The van der Waals surface area contributed by atoms with Crippen LogP contribution in [0.1, 0.15) is 31.7 Å². The first-order valence-corrected chi connectivity index (χ1v) is 11.5. The number of rotatable bonds is 8. The van der Waals surface area contributed by atoms with E-state index >= 15 is 0 Å². The Hall–Kier alpha value is -2.83. The van der Waals surface area contributed by atoms with Crippen molar-refractivity contribution in [2.24, 2.45) is 11.7 Å². The Balaban J connectivity index is 1.74. The molecule has 0 radical (unpaired) electrons. The maximum absolute atomic E-state index is 14.6. The topological polar surface area (TPSA) is 131 Å². The number of nitrogens with zero attached hydrogens (tertiary/aromatic N) is 4. The van der Waals surface area contributed by atoms with E-state index in [4.69, 9.17) is 34.0 Å². The van der Waals surface area contributed by atoms with Crippen LogP contribution < -0.4 is 16.4 Å². The van der Waals surface area contributed by atoms with E-state index in [-0.39, 0.29) is 45.5 Å². The lowest BCUT2D eigenvalue weighted by Gasteiger charge is -2.29. The SMILES string of the molecule is NC(=O)C1CCC(n2c(Nc3c(F)cc(Cl)cc3Cl)nc3cnc(NCC(F)(F)CO)nc32)CC1. The Labute approximate surface area is 207 Å². The number of benzene rings is 1. The van der Waals surface area contributed by atoms with Crippen molar-refractivity contribution in [1.29, 1.82) is 0 Å². The Bertz CT molecular complexity index is 1230. The van der Waals surface area contributed by atoms with Gasteiger partial charge in [0.05, 0.1) is 23.5 Å². The number of carbonyl (C=O) groups excluding carboxylic acids is 1. The summed E-state index contributed by atoms with van der Waals surface area (Å²) in [6.07, 6.45) is 3.53. The molecule has 0 aliphatic heterocycles. The Kier molecular flexibility index (Phi) is 7.25. The van der Waals surface area contributed by atoms with E-state index < -0.39 is 24.9 Å². The van der Waals surface area contributed by atoms with Crippen LogP contribution in [-0.4, -0.2) is 49.6 Å². The number of fused-ring (bicyclic) bond motifs is 1. The van der Waals surface area contributed by atoms with Crippen LogP contribution in [0.5, 0.6) is 0 Å². The van der Waals surface area contributed by atoms with Crippen LogP contribution in [0.3, 0.4) is 0 Å². The van der Waals surface area contributed by atoms with Crippen molar-refractivity contribution in [2.75, 3.05) is 23.8 Å². The van der Waals surface area contributed by atoms with Crippen molar-refractivity contribution in [3.05, 3.63) is 34.2 Å². The number of aromatic nitrogens is 4. The molecular weight excluding hydrogens is 510 g/mol. The fourth-order valence-electron chi connectivity index (χ4n) is 4.07. The number of alkyl halides is 2. The Morgan fingerprint density at radius 3 is 2.57 bits per heavy atom. The third-order valence-corrected chi connectivity index (χ3v) is 6.39. The molecule has 9 nitrogen and oxygen atoms in total. The fourth-order valence-corrected chi connectivity index (χ4v) is 4.58. The van der Waals surface area contributed by atoms with Crippen molar-refractivity contribution in [2.45, 2.75) is 37.6 Å². The van der Waals surface area contributed by atoms with Gasteiger partial charge in [0.1, 0.15) is 17.9 Å². The van der Waals surface area contributed by atoms with Gasteiger partial charge in [-0.1, -0.05) is 23.2 Å². The molecule has 35 heavy (non-hydrogen) atoms. The van der Waals surface area contributed by atoms with E-state index in [9.17, 15) is 18.0 Å². The zero-order valence-corrected chi connectivity index (χ0v) is 19.8. The number of hydrogen-bond acceptors (Lipinski definition) is 7. The molecule has 14 heteroatoms. The second kappa shape index (κ2) is 10.0. The highest BCUT2D eigenvalue weighted by molar-refractivity contribution is 6.36. The zero-order valence-electron chi connectivity index (χ0n) is 18.2. The molecule has 2 aromatic heterocycles. The highest BCUT2D eigenvalue weighted by atomic mass is 35.5. The average Bonchev–Trinajstić information content (AvgIpc) is 3.17. The third kappa shape index (κ3) is 5.54. The molecule has 1 fully saturated rings. The van der Waals surface area contributed by atoms with Crippen LogP contribution in [-0.2, 0) is 4.79 Å². The maximum atomic E-state index is 14.6. The molecule has 1 aliphatic carbocycles. The molecule has 1 amide bonds. The molecule has 1 aromatic carbocycles. The molecule has 0 unspecified atom stereocenters. The number of nitrogens with one attached hydrogen (secondary N) is 2. The standard InChI is InChI=1S/C21H22Cl2F3N7O2/c22-11-5-13(23)16(14(24)6-11)31-20-30-15-7-28-19(29-8-21(25,26)9-34)32-18(15)33(20)12-3-1-10(2-4-12)17(27)35/h5-7,10,12,34H,1-4,8-9H2,(H2,27,35)(H,30,31)(H,28,29,32). The Morgan fingerprint density at radius 1 is 1.23 bits per heavy atom.